The van der Waals surface area contributed by atoms with E-state index in [1.807, 2.05) is 26.0 Å². The van der Waals surface area contributed by atoms with Crippen LogP contribution in [0.3, 0.4) is 0 Å². The Hall–Kier alpha value is -1.49. The van der Waals surface area contributed by atoms with Crippen molar-refractivity contribution in [3.05, 3.63) is 57.2 Å². The number of halogens is 1. The number of sulfonamides is 1. The molecule has 1 unspecified atom stereocenters. The second-order valence-electron chi connectivity index (χ2n) is 6.61. The van der Waals surface area contributed by atoms with Gasteiger partial charge in [0.15, 0.2) is 0 Å². The van der Waals surface area contributed by atoms with Crippen molar-refractivity contribution in [3.63, 3.8) is 0 Å². The number of anilines is 1. The van der Waals surface area contributed by atoms with Gasteiger partial charge in [-0.3, -0.25) is 4.79 Å². The molecule has 1 amide bonds. The molecule has 1 saturated heterocycles. The molecule has 0 aliphatic carbocycles. The van der Waals surface area contributed by atoms with Gasteiger partial charge in [0, 0.05) is 28.0 Å². The Labute approximate surface area is 179 Å². The molecular weight excluding hydrogens is 491 g/mol. The fourth-order valence-corrected chi connectivity index (χ4v) is 5.24. The Bertz CT molecular complexity index is 961. The van der Waals surface area contributed by atoms with Crippen LogP contribution in [0.5, 0.6) is 0 Å². The summed E-state index contributed by atoms with van der Waals surface area (Å²) in [6, 6.07) is 11.7. The summed E-state index contributed by atoms with van der Waals surface area (Å²) in [5.41, 5.74) is 2.21. The molecule has 1 aliphatic rings. The molecule has 150 valence electrons. The van der Waals surface area contributed by atoms with Crippen LogP contribution in [0.2, 0.25) is 0 Å². The molecule has 0 saturated carbocycles. The number of amides is 1. The molecule has 1 N–H and O–H groups in total. The van der Waals surface area contributed by atoms with Crippen molar-refractivity contribution in [3.8, 4) is 0 Å². The van der Waals surface area contributed by atoms with E-state index in [1.165, 1.54) is 16.4 Å². The summed E-state index contributed by atoms with van der Waals surface area (Å²) in [6.45, 7) is 4.77. The maximum atomic E-state index is 12.9. The van der Waals surface area contributed by atoms with E-state index in [0.717, 1.165) is 15.6 Å². The van der Waals surface area contributed by atoms with Gasteiger partial charge in [0.2, 0.25) is 10.0 Å². The van der Waals surface area contributed by atoms with Crippen molar-refractivity contribution in [2.24, 2.45) is 0 Å². The topological polar surface area (TPSA) is 75.7 Å². The average Bonchev–Trinajstić information content (AvgIpc) is 3.14. The lowest BCUT2D eigenvalue weighted by Gasteiger charge is -2.23. The van der Waals surface area contributed by atoms with Crippen LogP contribution in [0.4, 0.5) is 5.69 Å². The quantitative estimate of drug-likeness (QED) is 0.592. The summed E-state index contributed by atoms with van der Waals surface area (Å²) in [5, 5.41) is 2.81. The van der Waals surface area contributed by atoms with Crippen LogP contribution >= 0.6 is 22.6 Å². The fourth-order valence-electron chi connectivity index (χ4n) is 3.13. The molecular formula is C20H23IN2O4S. The monoisotopic (exact) mass is 514 g/mol. The number of nitrogens with one attached hydrogen (secondary N) is 1. The lowest BCUT2D eigenvalue weighted by atomic mass is 10.1. The van der Waals surface area contributed by atoms with Crippen molar-refractivity contribution >= 4 is 44.2 Å². The molecule has 8 heteroatoms. The first-order valence-corrected chi connectivity index (χ1v) is 11.7. The molecule has 0 aromatic heterocycles. The summed E-state index contributed by atoms with van der Waals surface area (Å²) in [7, 11) is -3.62. The van der Waals surface area contributed by atoms with Gasteiger partial charge < -0.3 is 10.1 Å². The van der Waals surface area contributed by atoms with E-state index in [1.54, 1.807) is 18.2 Å². The highest BCUT2D eigenvalue weighted by Crippen LogP contribution is 2.27. The first-order valence-electron chi connectivity index (χ1n) is 9.14. The molecule has 3 rings (SSSR count). The molecule has 1 aliphatic heterocycles. The van der Waals surface area contributed by atoms with Gasteiger partial charge in [-0.1, -0.05) is 6.07 Å². The molecule has 0 spiro atoms. The van der Waals surface area contributed by atoms with Crippen molar-refractivity contribution in [1.82, 2.24) is 4.31 Å². The number of rotatable bonds is 6. The van der Waals surface area contributed by atoms with Crippen molar-refractivity contribution in [2.45, 2.75) is 37.8 Å². The van der Waals surface area contributed by atoms with Crippen molar-refractivity contribution in [1.29, 1.82) is 0 Å². The molecule has 28 heavy (non-hydrogen) atoms. The minimum Gasteiger partial charge on any atom is -0.362 e. The van der Waals surface area contributed by atoms with E-state index in [0.29, 0.717) is 30.8 Å². The number of aryl methyl sites for hydroxylation is 1. The van der Waals surface area contributed by atoms with Gasteiger partial charge in [-0.15, -0.1) is 0 Å². The first kappa shape index (κ1) is 21.2. The predicted molar refractivity (Wildman–Crippen MR) is 117 cm³/mol. The fraction of sp³-hybridized carbons (Fsp3) is 0.350. The molecule has 1 atom stereocenters. The van der Waals surface area contributed by atoms with Gasteiger partial charge >= 0.3 is 0 Å². The highest BCUT2D eigenvalue weighted by Gasteiger charge is 2.35. The van der Waals surface area contributed by atoms with E-state index >= 15 is 0 Å². The van der Waals surface area contributed by atoms with Gasteiger partial charge in [-0.25, -0.2) is 8.42 Å². The van der Waals surface area contributed by atoms with Crippen LogP contribution in [0.25, 0.3) is 0 Å². The molecule has 1 fully saturated rings. The van der Waals surface area contributed by atoms with Gasteiger partial charge in [0.05, 0.1) is 4.90 Å². The SMILES string of the molecule is CCOC1CCCN1S(=O)(=O)c1ccc(NC(=O)c2ccc(C)c(I)c2)cc1. The van der Waals surface area contributed by atoms with Crippen LogP contribution in [-0.4, -0.2) is 38.0 Å². The third-order valence-corrected chi connectivity index (χ3v) is 7.73. The second kappa shape index (κ2) is 8.89. The van der Waals surface area contributed by atoms with Crippen LogP contribution < -0.4 is 5.32 Å². The number of hydrogen-bond acceptors (Lipinski definition) is 4. The van der Waals surface area contributed by atoms with Gasteiger partial charge in [-0.05, 0) is 91.2 Å². The van der Waals surface area contributed by atoms with Gasteiger partial charge in [0.1, 0.15) is 6.23 Å². The zero-order chi connectivity index (χ0) is 20.3. The van der Waals surface area contributed by atoms with Crippen molar-refractivity contribution < 1.29 is 17.9 Å². The third kappa shape index (κ3) is 4.56. The van der Waals surface area contributed by atoms with Crippen molar-refractivity contribution in [2.75, 3.05) is 18.5 Å². The smallest absolute Gasteiger partial charge is 0.255 e. The van der Waals surface area contributed by atoms with Crippen LogP contribution in [-0.2, 0) is 14.8 Å². The van der Waals surface area contributed by atoms with E-state index in [4.69, 9.17) is 4.74 Å². The zero-order valence-corrected chi connectivity index (χ0v) is 18.8. The standard InChI is InChI=1S/C20H23IN2O4S/c1-3-27-19-5-4-12-23(19)28(25,26)17-10-8-16(9-11-17)22-20(24)15-7-6-14(2)18(21)13-15/h6-11,13,19H,3-5,12H2,1-2H3,(H,22,24). The summed E-state index contributed by atoms with van der Waals surface area (Å²) < 4.78 is 33.8. The predicted octanol–water partition coefficient (Wildman–Crippen LogP) is 4.00. The highest BCUT2D eigenvalue weighted by molar-refractivity contribution is 14.1. The molecule has 6 nitrogen and oxygen atoms in total. The van der Waals surface area contributed by atoms with Gasteiger partial charge in [0.25, 0.3) is 5.91 Å². The molecule has 0 bridgehead atoms. The Balaban J connectivity index is 1.74. The lowest BCUT2D eigenvalue weighted by molar-refractivity contribution is 0.00908. The van der Waals surface area contributed by atoms with Gasteiger partial charge in [-0.2, -0.15) is 4.31 Å². The summed E-state index contributed by atoms with van der Waals surface area (Å²) in [5.74, 6) is -0.232. The van der Waals surface area contributed by atoms with E-state index in [9.17, 15) is 13.2 Å². The Morgan fingerprint density at radius 3 is 2.61 bits per heavy atom. The van der Waals surface area contributed by atoms with E-state index < -0.39 is 16.3 Å². The highest BCUT2D eigenvalue weighted by atomic mass is 127. The second-order valence-corrected chi connectivity index (χ2v) is 9.66. The minimum absolute atomic E-state index is 0.196. The maximum Gasteiger partial charge on any atom is 0.255 e. The number of carbonyl (C=O) groups excluding carboxylic acids is 1. The molecule has 1 heterocycles. The third-order valence-electron chi connectivity index (χ3n) is 4.66. The number of hydrogen-bond donors (Lipinski definition) is 1. The summed E-state index contributed by atoms with van der Waals surface area (Å²) in [4.78, 5) is 12.6. The maximum absolute atomic E-state index is 12.9. The summed E-state index contributed by atoms with van der Waals surface area (Å²) >= 11 is 2.19. The Morgan fingerprint density at radius 2 is 1.96 bits per heavy atom. The number of nitrogens with zero attached hydrogens (tertiary/aromatic N) is 1. The van der Waals surface area contributed by atoms with Crippen LogP contribution in [0.15, 0.2) is 47.4 Å². The normalized spacial score (nSPS) is 17.6. The van der Waals surface area contributed by atoms with E-state index in [-0.39, 0.29) is 10.8 Å². The molecule has 2 aromatic rings. The summed E-state index contributed by atoms with van der Waals surface area (Å²) in [6.07, 6.45) is 1.09. The average molecular weight is 514 g/mol. The molecule has 0 radical (unpaired) electrons. The minimum atomic E-state index is -3.62. The van der Waals surface area contributed by atoms with E-state index in [2.05, 4.69) is 27.9 Å². The number of carbonyl (C=O) groups is 1. The number of ether oxygens (including phenoxy) is 1. The Morgan fingerprint density at radius 1 is 1.25 bits per heavy atom. The van der Waals surface area contributed by atoms with Crippen LogP contribution in [0.1, 0.15) is 35.7 Å². The molecule has 2 aromatic carbocycles. The zero-order valence-electron chi connectivity index (χ0n) is 15.8. The number of benzene rings is 2. The Kier molecular flexibility index (Phi) is 6.74. The van der Waals surface area contributed by atoms with Crippen LogP contribution in [0, 0.1) is 10.5 Å². The lowest BCUT2D eigenvalue weighted by Crippen LogP contribution is -2.37. The largest absolute Gasteiger partial charge is 0.362 e. The first-order chi connectivity index (χ1) is 13.3.